The van der Waals surface area contributed by atoms with Crippen molar-refractivity contribution in [3.05, 3.63) is 0 Å². The van der Waals surface area contributed by atoms with Crippen LogP contribution in [0.1, 0.15) is 1.43 Å². The first-order valence-corrected chi connectivity index (χ1v) is 3.59. The van der Waals surface area contributed by atoms with Crippen molar-refractivity contribution in [2.75, 3.05) is 19.5 Å². The number of rotatable bonds is 3. The summed E-state index contributed by atoms with van der Waals surface area (Å²) < 4.78 is 24.4. The van der Waals surface area contributed by atoms with Gasteiger partial charge in [-0.05, 0) is 0 Å². The van der Waals surface area contributed by atoms with Gasteiger partial charge in [-0.2, -0.15) is 8.42 Å². The molecule has 0 aliphatic carbocycles. The van der Waals surface area contributed by atoms with Gasteiger partial charge in [-0.3, -0.25) is 4.18 Å². The molecular weight excluding hydrogens is 171 g/mol. The van der Waals surface area contributed by atoms with Crippen molar-refractivity contribution in [1.29, 1.82) is 0 Å². The van der Waals surface area contributed by atoms with Crippen LogP contribution in [0.5, 0.6) is 0 Å². The predicted molar refractivity (Wildman–Crippen MR) is 29.0 cm³/mol. The Morgan fingerprint density at radius 1 is 1.67 bits per heavy atom. The van der Waals surface area contributed by atoms with E-state index in [1.807, 2.05) is 0 Å². The maximum atomic E-state index is 10.2. The van der Waals surface area contributed by atoms with Crippen LogP contribution >= 0.6 is 0 Å². The monoisotopic (exact) mass is 180 g/mol. The SMILES string of the molecule is COS(=O)(=O)CCO.[H-].[K+]. The third kappa shape index (κ3) is 7.40. The summed E-state index contributed by atoms with van der Waals surface area (Å²) in [5.74, 6) is -0.330. The van der Waals surface area contributed by atoms with Crippen molar-refractivity contribution >= 4 is 10.1 Å². The third-order valence-corrected chi connectivity index (χ3v) is 1.79. The molecular formula is C3H9KO4S. The molecule has 1 N–H and O–H groups in total. The zero-order chi connectivity index (χ0) is 6.62. The van der Waals surface area contributed by atoms with Crippen molar-refractivity contribution in [3.63, 3.8) is 0 Å². The van der Waals surface area contributed by atoms with Crippen LogP contribution in [0, 0.1) is 0 Å². The summed E-state index contributed by atoms with van der Waals surface area (Å²) in [6.07, 6.45) is 0. The summed E-state index contributed by atoms with van der Waals surface area (Å²) in [6.45, 7) is -0.393. The van der Waals surface area contributed by atoms with Crippen molar-refractivity contribution in [1.82, 2.24) is 0 Å². The van der Waals surface area contributed by atoms with Crippen LogP contribution in [0.4, 0.5) is 0 Å². The molecule has 4 nitrogen and oxygen atoms in total. The molecule has 0 aromatic carbocycles. The zero-order valence-electron chi connectivity index (χ0n) is 6.49. The summed E-state index contributed by atoms with van der Waals surface area (Å²) in [4.78, 5) is 0. The molecule has 0 rings (SSSR count). The van der Waals surface area contributed by atoms with E-state index in [2.05, 4.69) is 4.18 Å². The quantitative estimate of drug-likeness (QED) is 0.356. The van der Waals surface area contributed by atoms with Gasteiger partial charge in [0.25, 0.3) is 10.1 Å². The fourth-order valence-corrected chi connectivity index (χ4v) is 0.585. The second-order valence-electron chi connectivity index (χ2n) is 1.15. The van der Waals surface area contributed by atoms with Gasteiger partial charge in [0.15, 0.2) is 0 Å². The molecule has 0 fully saturated rings. The molecule has 52 valence electrons. The topological polar surface area (TPSA) is 63.6 Å². The van der Waals surface area contributed by atoms with E-state index in [1.165, 1.54) is 0 Å². The average molecular weight is 180 g/mol. The van der Waals surface area contributed by atoms with Crippen LogP contribution in [0.15, 0.2) is 0 Å². The van der Waals surface area contributed by atoms with Gasteiger partial charge in [0.05, 0.1) is 19.5 Å². The third-order valence-electron chi connectivity index (χ3n) is 0.595. The molecule has 0 aliphatic heterocycles. The van der Waals surface area contributed by atoms with Gasteiger partial charge in [0.1, 0.15) is 0 Å². The van der Waals surface area contributed by atoms with Crippen LogP contribution in [0.2, 0.25) is 0 Å². The van der Waals surface area contributed by atoms with Crippen LogP contribution in [-0.4, -0.2) is 33.0 Å². The van der Waals surface area contributed by atoms with E-state index in [1.54, 1.807) is 0 Å². The second-order valence-corrected chi connectivity index (χ2v) is 3.01. The van der Waals surface area contributed by atoms with Gasteiger partial charge in [-0.25, -0.2) is 0 Å². The fourth-order valence-electron chi connectivity index (χ4n) is 0.195. The van der Waals surface area contributed by atoms with E-state index in [4.69, 9.17) is 5.11 Å². The first kappa shape index (κ1) is 13.1. The Bertz CT molecular complexity index is 145. The Morgan fingerprint density at radius 3 is 2.22 bits per heavy atom. The Labute approximate surface area is 98.6 Å². The van der Waals surface area contributed by atoms with Crippen LogP contribution in [0.3, 0.4) is 0 Å². The normalized spacial score (nSPS) is 10.4. The molecule has 0 spiro atoms. The summed E-state index contributed by atoms with van der Waals surface area (Å²) in [5, 5.41) is 8.07. The van der Waals surface area contributed by atoms with Gasteiger partial charge < -0.3 is 6.53 Å². The van der Waals surface area contributed by atoms with Crippen molar-refractivity contribution in [2.24, 2.45) is 0 Å². The van der Waals surface area contributed by atoms with Crippen LogP contribution < -0.4 is 51.4 Å². The first-order valence-electron chi connectivity index (χ1n) is 2.01. The van der Waals surface area contributed by atoms with Crippen LogP contribution in [-0.2, 0) is 14.3 Å². The van der Waals surface area contributed by atoms with E-state index < -0.39 is 16.7 Å². The predicted octanol–water partition coefficient (Wildman–Crippen LogP) is -3.93. The Morgan fingerprint density at radius 2 is 2.11 bits per heavy atom. The molecule has 0 aromatic rings. The summed E-state index contributed by atoms with van der Waals surface area (Å²) in [6, 6.07) is 0. The van der Waals surface area contributed by atoms with E-state index in [-0.39, 0.29) is 58.6 Å². The van der Waals surface area contributed by atoms with Crippen molar-refractivity contribution in [2.45, 2.75) is 0 Å². The number of hydrogen-bond donors (Lipinski definition) is 1. The standard InChI is InChI=1S/C3H8O4S.K.H/c1-7-8(5,6)3-2-4;;/h4H,2-3H2,1H3;;/q;+1;-1. The Balaban J connectivity index is -0.000000245. The fraction of sp³-hybridized carbons (Fsp3) is 1.00. The number of hydrogen-bond acceptors (Lipinski definition) is 4. The Hall–Kier alpha value is 1.51. The maximum Gasteiger partial charge on any atom is 1.00 e. The van der Waals surface area contributed by atoms with E-state index in [0.717, 1.165) is 7.11 Å². The molecule has 0 heterocycles. The molecule has 6 heteroatoms. The summed E-state index contributed by atoms with van der Waals surface area (Å²) >= 11 is 0. The molecule has 0 bridgehead atoms. The van der Waals surface area contributed by atoms with Gasteiger partial charge >= 0.3 is 51.4 Å². The molecule has 0 aromatic heterocycles. The molecule has 0 amide bonds. The molecule has 9 heavy (non-hydrogen) atoms. The van der Waals surface area contributed by atoms with Crippen molar-refractivity contribution in [3.8, 4) is 0 Å². The first-order chi connectivity index (χ1) is 3.62. The smallest absolute Gasteiger partial charge is 1.00 e. The van der Waals surface area contributed by atoms with Gasteiger partial charge in [-0.15, -0.1) is 0 Å². The van der Waals surface area contributed by atoms with E-state index in [9.17, 15) is 8.42 Å². The van der Waals surface area contributed by atoms with Crippen molar-refractivity contribution < 1.29 is 70.5 Å². The minimum atomic E-state index is -3.42. The molecule has 0 saturated carbocycles. The Kier molecular flexibility index (Phi) is 9.09. The minimum absolute atomic E-state index is 0. The molecule has 0 aliphatic rings. The molecule has 0 radical (unpaired) electrons. The van der Waals surface area contributed by atoms with Crippen LogP contribution in [0.25, 0.3) is 0 Å². The minimum Gasteiger partial charge on any atom is -1.00 e. The second kappa shape index (κ2) is 6.23. The number of aliphatic hydroxyl groups is 1. The molecule has 0 saturated heterocycles. The molecule has 0 unspecified atom stereocenters. The largest absolute Gasteiger partial charge is 1.00 e. The molecule has 0 atom stereocenters. The maximum absolute atomic E-state index is 10.2. The summed E-state index contributed by atoms with van der Waals surface area (Å²) in [7, 11) is -2.36. The number of aliphatic hydroxyl groups excluding tert-OH is 1. The summed E-state index contributed by atoms with van der Waals surface area (Å²) in [5.41, 5.74) is 0. The van der Waals surface area contributed by atoms with Gasteiger partial charge in [0, 0.05) is 0 Å². The van der Waals surface area contributed by atoms with E-state index in [0.29, 0.717) is 0 Å². The van der Waals surface area contributed by atoms with Gasteiger partial charge in [-0.1, -0.05) is 0 Å². The van der Waals surface area contributed by atoms with E-state index >= 15 is 0 Å². The zero-order valence-corrected chi connectivity index (χ0v) is 9.43. The average Bonchev–Trinajstić information content (AvgIpc) is 1.67. The van der Waals surface area contributed by atoms with Gasteiger partial charge in [0.2, 0.25) is 0 Å².